The average molecular weight is 464 g/mol. The predicted octanol–water partition coefficient (Wildman–Crippen LogP) is 4.07. The maximum absolute atomic E-state index is 12.6. The highest BCUT2D eigenvalue weighted by atomic mass is 79.9. The molecule has 3 rings (SSSR count). The number of amides is 1. The summed E-state index contributed by atoms with van der Waals surface area (Å²) in [7, 11) is 1.63. The van der Waals surface area contributed by atoms with E-state index in [4.69, 9.17) is 14.6 Å². The molecule has 0 unspecified atom stereocenters. The number of imidazole rings is 1. The quantitative estimate of drug-likeness (QED) is 0.534. The van der Waals surface area contributed by atoms with Gasteiger partial charge in [-0.1, -0.05) is 15.9 Å². The van der Waals surface area contributed by atoms with Crippen LogP contribution in [0.25, 0.3) is 21.9 Å². The lowest BCUT2D eigenvalue weighted by Gasteiger charge is -2.26. The molecule has 29 heavy (non-hydrogen) atoms. The fourth-order valence-electron chi connectivity index (χ4n) is 3.38. The summed E-state index contributed by atoms with van der Waals surface area (Å²) in [4.78, 5) is 24.6. The summed E-state index contributed by atoms with van der Waals surface area (Å²) < 4.78 is 10.4. The lowest BCUT2D eigenvalue weighted by Crippen LogP contribution is -2.40. The number of aromatic nitrogens is 3. The van der Waals surface area contributed by atoms with E-state index in [1.54, 1.807) is 16.7 Å². The first-order valence-electron chi connectivity index (χ1n) is 9.74. The van der Waals surface area contributed by atoms with Crippen molar-refractivity contribution in [3.63, 3.8) is 0 Å². The topological polar surface area (TPSA) is 60.5 Å². The van der Waals surface area contributed by atoms with Gasteiger partial charge in [-0.2, -0.15) is 0 Å². The lowest BCUT2D eigenvalue weighted by molar-refractivity contribution is -0.864. The van der Waals surface area contributed by atoms with Crippen molar-refractivity contribution in [2.24, 2.45) is 0 Å². The van der Waals surface area contributed by atoms with Crippen LogP contribution in [-0.2, 0) is 17.8 Å². The summed E-state index contributed by atoms with van der Waals surface area (Å²) in [6, 6.07) is 6.08. The Morgan fingerprint density at radius 1 is 1.31 bits per heavy atom. The molecular formula is C21H28BrN4O3+. The van der Waals surface area contributed by atoms with Crippen LogP contribution in [0.4, 0.5) is 4.79 Å². The third-order valence-corrected chi connectivity index (χ3v) is 5.14. The predicted molar refractivity (Wildman–Crippen MR) is 116 cm³/mol. The van der Waals surface area contributed by atoms with Crippen molar-refractivity contribution in [3.05, 3.63) is 34.7 Å². The van der Waals surface area contributed by atoms with Gasteiger partial charge in [0.1, 0.15) is 18.5 Å². The second kappa shape index (κ2) is 8.18. The Morgan fingerprint density at radius 3 is 2.62 bits per heavy atom. The minimum absolute atomic E-state index is 0.338. The molecule has 1 amide bonds. The zero-order chi connectivity index (χ0) is 21.3. The van der Waals surface area contributed by atoms with Crippen molar-refractivity contribution >= 4 is 44.0 Å². The number of halogens is 1. The molecule has 0 radical (unpaired) electrons. The number of rotatable bonds is 5. The van der Waals surface area contributed by atoms with Gasteiger partial charge < -0.3 is 14.2 Å². The summed E-state index contributed by atoms with van der Waals surface area (Å²) in [5.41, 5.74) is 2.25. The lowest BCUT2D eigenvalue weighted by atomic mass is 10.2. The van der Waals surface area contributed by atoms with E-state index >= 15 is 0 Å². The van der Waals surface area contributed by atoms with Crippen LogP contribution < -0.4 is 9.57 Å². The van der Waals surface area contributed by atoms with Gasteiger partial charge in [-0.25, -0.2) is 9.78 Å². The number of nitrogens with zero attached hydrogens (tertiary/aromatic N) is 4. The van der Waals surface area contributed by atoms with Crippen molar-refractivity contribution in [1.29, 1.82) is 0 Å². The molecule has 0 spiro atoms. The zero-order valence-corrected chi connectivity index (χ0v) is 19.4. The van der Waals surface area contributed by atoms with Crippen LogP contribution in [0.2, 0.25) is 0 Å². The van der Waals surface area contributed by atoms with Gasteiger partial charge in [-0.3, -0.25) is 4.84 Å². The normalized spacial score (nSPS) is 11.8. The third kappa shape index (κ3) is 4.32. The number of carbonyl (C=O) groups is 1. The standard InChI is InChI=1S/C21H28BrN4O3/c1-7-24(20(27)29-21(3,4)5)13-18-23-16-12-26(28-6)17-11-14(22)9-10-15(17)19(16)25(18)8-2/h9-12H,7-8,13H2,1-6H3/q+1. The van der Waals surface area contributed by atoms with E-state index in [1.807, 2.05) is 46.0 Å². The number of hydrogen-bond donors (Lipinski definition) is 0. The molecule has 2 aromatic heterocycles. The molecule has 0 N–H and O–H groups in total. The number of fused-ring (bicyclic) bond motifs is 3. The first-order valence-corrected chi connectivity index (χ1v) is 10.5. The van der Waals surface area contributed by atoms with Gasteiger partial charge in [-0.05, 0) is 46.8 Å². The molecule has 3 aromatic rings. The Labute approximate surface area is 179 Å². The van der Waals surface area contributed by atoms with E-state index in [0.29, 0.717) is 13.1 Å². The van der Waals surface area contributed by atoms with E-state index in [9.17, 15) is 4.79 Å². The fourth-order valence-corrected chi connectivity index (χ4v) is 3.73. The molecule has 1 aromatic carbocycles. The van der Waals surface area contributed by atoms with Gasteiger partial charge in [-0.15, -0.1) is 0 Å². The molecule has 0 aliphatic rings. The van der Waals surface area contributed by atoms with Gasteiger partial charge in [0.25, 0.3) is 11.7 Å². The van der Waals surface area contributed by atoms with E-state index in [0.717, 1.165) is 38.8 Å². The molecular weight excluding hydrogens is 436 g/mol. The van der Waals surface area contributed by atoms with Gasteiger partial charge in [0.2, 0.25) is 0 Å². The van der Waals surface area contributed by atoms with Crippen LogP contribution in [0.3, 0.4) is 0 Å². The number of pyridine rings is 1. The number of aryl methyl sites for hydroxylation is 1. The number of benzene rings is 1. The first-order chi connectivity index (χ1) is 13.7. The Kier molecular flexibility index (Phi) is 6.03. The second-order valence-electron chi connectivity index (χ2n) is 7.80. The Bertz CT molecular complexity index is 1060. The Balaban J connectivity index is 2.12. The minimum atomic E-state index is -0.539. The third-order valence-electron chi connectivity index (χ3n) is 4.64. The number of hydrogen-bond acceptors (Lipinski definition) is 4. The van der Waals surface area contributed by atoms with Crippen LogP contribution in [0, 0.1) is 0 Å². The van der Waals surface area contributed by atoms with Crippen LogP contribution in [0.15, 0.2) is 28.9 Å². The Hall–Kier alpha value is -2.35. The molecule has 7 nitrogen and oxygen atoms in total. The summed E-state index contributed by atoms with van der Waals surface area (Å²) in [6.07, 6.45) is 1.54. The summed E-state index contributed by atoms with van der Waals surface area (Å²) in [5, 5.41) is 1.04. The molecule has 0 bridgehead atoms. The Morgan fingerprint density at radius 2 is 2.03 bits per heavy atom. The van der Waals surface area contributed by atoms with Gasteiger partial charge in [0.05, 0.1) is 17.4 Å². The van der Waals surface area contributed by atoms with Gasteiger partial charge in [0, 0.05) is 28.4 Å². The molecule has 0 fully saturated rings. The highest BCUT2D eigenvalue weighted by Crippen LogP contribution is 2.27. The summed E-state index contributed by atoms with van der Waals surface area (Å²) >= 11 is 3.53. The molecule has 156 valence electrons. The van der Waals surface area contributed by atoms with E-state index in [2.05, 4.69) is 33.5 Å². The largest absolute Gasteiger partial charge is 0.444 e. The summed E-state index contributed by atoms with van der Waals surface area (Å²) in [5.74, 6) is 0.813. The van der Waals surface area contributed by atoms with Crippen LogP contribution >= 0.6 is 15.9 Å². The molecule has 0 saturated carbocycles. The molecule has 0 aliphatic carbocycles. The van der Waals surface area contributed by atoms with Crippen molar-refractivity contribution in [3.8, 4) is 0 Å². The molecule has 0 saturated heterocycles. The van der Waals surface area contributed by atoms with Crippen molar-refractivity contribution < 1.29 is 19.1 Å². The van der Waals surface area contributed by atoms with Crippen molar-refractivity contribution in [2.75, 3.05) is 13.7 Å². The maximum Gasteiger partial charge on any atom is 0.410 e. The smallest absolute Gasteiger partial charge is 0.410 e. The van der Waals surface area contributed by atoms with Crippen molar-refractivity contribution in [2.45, 2.75) is 53.3 Å². The van der Waals surface area contributed by atoms with E-state index in [-0.39, 0.29) is 6.09 Å². The average Bonchev–Trinajstić information content (AvgIpc) is 3.00. The van der Waals surface area contributed by atoms with Crippen LogP contribution in [0.5, 0.6) is 0 Å². The van der Waals surface area contributed by atoms with Crippen LogP contribution in [-0.4, -0.2) is 39.8 Å². The first kappa shape index (κ1) is 21.4. The van der Waals surface area contributed by atoms with Gasteiger partial charge in [0.15, 0.2) is 5.52 Å². The van der Waals surface area contributed by atoms with E-state index in [1.165, 1.54) is 0 Å². The number of ether oxygens (including phenoxy) is 1. The van der Waals surface area contributed by atoms with E-state index < -0.39 is 5.60 Å². The molecule has 0 aliphatic heterocycles. The van der Waals surface area contributed by atoms with Gasteiger partial charge >= 0.3 is 6.09 Å². The molecule has 8 heteroatoms. The number of carbonyl (C=O) groups excluding carboxylic acids is 1. The molecule has 0 atom stereocenters. The highest BCUT2D eigenvalue weighted by Gasteiger charge is 2.25. The summed E-state index contributed by atoms with van der Waals surface area (Å²) in [6.45, 7) is 11.3. The monoisotopic (exact) mass is 463 g/mol. The second-order valence-corrected chi connectivity index (χ2v) is 8.72. The maximum atomic E-state index is 12.6. The van der Waals surface area contributed by atoms with Crippen LogP contribution in [0.1, 0.15) is 40.4 Å². The van der Waals surface area contributed by atoms with Crippen molar-refractivity contribution in [1.82, 2.24) is 14.5 Å². The SMILES string of the molecule is CCN(Cc1nc2c[n+](OC)c3cc(Br)ccc3c2n1CC)C(=O)OC(C)(C)C. The fraction of sp³-hybridized carbons (Fsp3) is 0.476. The zero-order valence-electron chi connectivity index (χ0n) is 17.8. The molecule has 2 heterocycles. The highest BCUT2D eigenvalue weighted by molar-refractivity contribution is 9.10. The minimum Gasteiger partial charge on any atom is -0.444 e.